The molecule has 4 rings (SSSR count). The third-order valence-electron chi connectivity index (χ3n) is 5.10. The summed E-state index contributed by atoms with van der Waals surface area (Å²) in [4.78, 5) is 30.1. The maximum absolute atomic E-state index is 12.8. The number of pyridine rings is 1. The number of aryl methyl sites for hydroxylation is 1. The zero-order valence-corrected chi connectivity index (χ0v) is 15.2. The molecule has 3 aromatic rings. The van der Waals surface area contributed by atoms with Gasteiger partial charge in [-0.1, -0.05) is 0 Å². The second-order valence-electron chi connectivity index (χ2n) is 6.86. The largest absolute Gasteiger partial charge is 0.478 e. The summed E-state index contributed by atoms with van der Waals surface area (Å²) in [6.07, 6.45) is 2.81. The van der Waals surface area contributed by atoms with Gasteiger partial charge in [-0.2, -0.15) is 5.10 Å². The minimum atomic E-state index is -0.972. The molecule has 1 fully saturated rings. The van der Waals surface area contributed by atoms with Crippen molar-refractivity contribution in [2.75, 3.05) is 13.1 Å². The molecular weight excluding hydrogens is 348 g/mol. The molecule has 0 radical (unpaired) electrons. The minimum absolute atomic E-state index is 0.0853. The molecule has 0 bridgehead atoms. The van der Waals surface area contributed by atoms with Crippen LogP contribution < -0.4 is 0 Å². The number of hydrogen-bond acceptors (Lipinski definition) is 5. The zero-order chi connectivity index (χ0) is 19.1. The zero-order valence-electron chi connectivity index (χ0n) is 15.2. The Balaban J connectivity index is 1.46. The number of fused-ring (bicyclic) bond motifs is 1. The van der Waals surface area contributed by atoms with Crippen molar-refractivity contribution in [3.8, 4) is 0 Å². The van der Waals surface area contributed by atoms with E-state index in [-0.39, 0.29) is 17.5 Å². The maximum atomic E-state index is 12.8. The van der Waals surface area contributed by atoms with Crippen LogP contribution in [-0.2, 0) is 0 Å². The number of amides is 1. The Labute approximate surface area is 155 Å². The monoisotopic (exact) mass is 368 g/mol. The molecule has 1 aliphatic rings. The standard InChI is InChI=1S/C19H20N4O4/c1-11-3-4-16-15(21-11)9-17(27-16)18(24)22-7-5-13(6-8-22)23-12(2)14(10-20-23)19(25)26/h3-4,9-10,13H,5-8H2,1-2H3,(H,25,26). The highest BCUT2D eigenvalue weighted by Gasteiger charge is 2.28. The molecule has 0 atom stereocenters. The Kier molecular flexibility index (Phi) is 4.18. The third-order valence-corrected chi connectivity index (χ3v) is 5.10. The quantitative estimate of drug-likeness (QED) is 0.763. The lowest BCUT2D eigenvalue weighted by Crippen LogP contribution is -2.39. The molecular formula is C19H20N4O4. The molecule has 1 N–H and O–H groups in total. The number of hydrogen-bond donors (Lipinski definition) is 1. The molecule has 0 saturated carbocycles. The van der Waals surface area contributed by atoms with E-state index < -0.39 is 5.97 Å². The number of piperidine rings is 1. The summed E-state index contributed by atoms with van der Waals surface area (Å²) in [5.41, 5.74) is 3.02. The summed E-state index contributed by atoms with van der Waals surface area (Å²) in [5.74, 6) is -0.822. The predicted octanol–water partition coefficient (Wildman–Crippen LogP) is 2.82. The van der Waals surface area contributed by atoms with Crippen LogP contribution in [0.1, 0.15) is 51.2 Å². The fraction of sp³-hybridized carbons (Fsp3) is 0.368. The van der Waals surface area contributed by atoms with Gasteiger partial charge in [0.05, 0.1) is 17.9 Å². The van der Waals surface area contributed by atoms with E-state index in [1.165, 1.54) is 6.20 Å². The lowest BCUT2D eigenvalue weighted by atomic mass is 10.0. The number of rotatable bonds is 3. The van der Waals surface area contributed by atoms with Crippen molar-refractivity contribution >= 4 is 23.0 Å². The van der Waals surface area contributed by atoms with Crippen LogP contribution in [0.5, 0.6) is 0 Å². The maximum Gasteiger partial charge on any atom is 0.339 e. The Bertz CT molecular complexity index is 1030. The molecule has 3 aromatic heterocycles. The predicted molar refractivity (Wildman–Crippen MR) is 96.8 cm³/mol. The van der Waals surface area contributed by atoms with Crippen molar-refractivity contribution in [1.82, 2.24) is 19.7 Å². The van der Waals surface area contributed by atoms with E-state index in [9.17, 15) is 14.7 Å². The van der Waals surface area contributed by atoms with E-state index >= 15 is 0 Å². The van der Waals surface area contributed by atoms with Gasteiger partial charge in [0, 0.05) is 24.8 Å². The van der Waals surface area contributed by atoms with Crippen LogP contribution in [0.3, 0.4) is 0 Å². The van der Waals surface area contributed by atoms with Crippen LogP contribution in [0, 0.1) is 13.8 Å². The Hall–Kier alpha value is -3.16. The van der Waals surface area contributed by atoms with Crippen LogP contribution >= 0.6 is 0 Å². The summed E-state index contributed by atoms with van der Waals surface area (Å²) in [5, 5.41) is 13.4. The first-order valence-corrected chi connectivity index (χ1v) is 8.88. The lowest BCUT2D eigenvalue weighted by molar-refractivity contribution is 0.0659. The summed E-state index contributed by atoms with van der Waals surface area (Å²) < 4.78 is 7.42. The fourth-order valence-electron chi connectivity index (χ4n) is 3.60. The Morgan fingerprint density at radius 3 is 2.63 bits per heavy atom. The van der Waals surface area contributed by atoms with Crippen molar-refractivity contribution in [2.24, 2.45) is 0 Å². The van der Waals surface area contributed by atoms with Crippen LogP contribution in [-0.4, -0.2) is 49.7 Å². The first-order chi connectivity index (χ1) is 12.9. The molecule has 1 amide bonds. The molecule has 1 aliphatic heterocycles. The van der Waals surface area contributed by atoms with E-state index in [2.05, 4.69) is 10.1 Å². The number of furan rings is 1. The first kappa shape index (κ1) is 17.3. The summed E-state index contributed by atoms with van der Waals surface area (Å²) in [6.45, 7) is 4.78. The van der Waals surface area contributed by atoms with Crippen LogP contribution in [0.15, 0.2) is 28.8 Å². The third kappa shape index (κ3) is 3.07. The molecule has 8 nitrogen and oxygen atoms in total. The minimum Gasteiger partial charge on any atom is -0.478 e. The van der Waals surface area contributed by atoms with Crippen LogP contribution in [0.4, 0.5) is 0 Å². The van der Waals surface area contributed by atoms with Gasteiger partial charge in [-0.15, -0.1) is 0 Å². The number of carboxylic acids is 1. The summed E-state index contributed by atoms with van der Waals surface area (Å²) in [6, 6.07) is 5.44. The number of likely N-dealkylation sites (tertiary alicyclic amines) is 1. The molecule has 1 saturated heterocycles. The number of nitrogens with zero attached hydrogens (tertiary/aromatic N) is 4. The van der Waals surface area contributed by atoms with Gasteiger partial charge >= 0.3 is 5.97 Å². The molecule has 4 heterocycles. The highest BCUT2D eigenvalue weighted by molar-refractivity contribution is 5.95. The molecule has 140 valence electrons. The average molecular weight is 368 g/mol. The Morgan fingerprint density at radius 2 is 1.96 bits per heavy atom. The van der Waals surface area contributed by atoms with Gasteiger partial charge in [0.2, 0.25) is 0 Å². The smallest absolute Gasteiger partial charge is 0.339 e. The number of aromatic carboxylic acids is 1. The molecule has 8 heteroatoms. The van der Waals surface area contributed by atoms with Gasteiger partial charge in [-0.3, -0.25) is 9.48 Å². The fourth-order valence-corrected chi connectivity index (χ4v) is 3.60. The van der Waals surface area contributed by atoms with Gasteiger partial charge in [-0.05, 0) is 38.8 Å². The molecule has 0 aliphatic carbocycles. The number of carboxylic acid groups (broad SMARTS) is 1. The average Bonchev–Trinajstić information content (AvgIpc) is 3.24. The highest BCUT2D eigenvalue weighted by atomic mass is 16.4. The van der Waals surface area contributed by atoms with Crippen LogP contribution in [0.25, 0.3) is 11.1 Å². The van der Waals surface area contributed by atoms with Gasteiger partial charge in [0.15, 0.2) is 11.3 Å². The van der Waals surface area contributed by atoms with Gasteiger partial charge < -0.3 is 14.4 Å². The molecule has 27 heavy (non-hydrogen) atoms. The van der Waals surface area contributed by atoms with Crippen molar-refractivity contribution in [3.05, 3.63) is 47.1 Å². The molecule has 0 spiro atoms. The van der Waals surface area contributed by atoms with Crippen molar-refractivity contribution in [3.63, 3.8) is 0 Å². The number of carbonyl (C=O) groups is 2. The van der Waals surface area contributed by atoms with Gasteiger partial charge in [-0.25, -0.2) is 9.78 Å². The summed E-state index contributed by atoms with van der Waals surface area (Å²) in [7, 11) is 0. The second-order valence-corrected chi connectivity index (χ2v) is 6.86. The molecule has 0 aromatic carbocycles. The van der Waals surface area contributed by atoms with Gasteiger partial charge in [0.1, 0.15) is 11.1 Å². The van der Waals surface area contributed by atoms with Crippen molar-refractivity contribution in [1.29, 1.82) is 0 Å². The van der Waals surface area contributed by atoms with E-state index in [1.54, 1.807) is 22.6 Å². The molecule has 0 unspecified atom stereocenters. The van der Waals surface area contributed by atoms with Crippen molar-refractivity contribution in [2.45, 2.75) is 32.7 Å². The first-order valence-electron chi connectivity index (χ1n) is 8.88. The topological polar surface area (TPSA) is 101 Å². The number of aromatic nitrogens is 3. The Morgan fingerprint density at radius 1 is 1.22 bits per heavy atom. The SMILES string of the molecule is Cc1ccc2oc(C(=O)N3CCC(n4ncc(C(=O)O)c4C)CC3)cc2n1. The van der Waals surface area contributed by atoms with E-state index in [1.807, 2.05) is 19.1 Å². The van der Waals surface area contributed by atoms with Crippen molar-refractivity contribution < 1.29 is 19.1 Å². The summed E-state index contributed by atoms with van der Waals surface area (Å²) >= 11 is 0. The second kappa shape index (κ2) is 6.53. The van der Waals surface area contributed by atoms with Gasteiger partial charge in [0.25, 0.3) is 5.91 Å². The van der Waals surface area contributed by atoms with E-state index in [4.69, 9.17) is 4.42 Å². The van der Waals surface area contributed by atoms with Crippen LogP contribution in [0.2, 0.25) is 0 Å². The number of carbonyl (C=O) groups excluding carboxylic acids is 1. The normalized spacial score (nSPS) is 15.4. The van der Waals surface area contributed by atoms with E-state index in [0.29, 0.717) is 48.5 Å². The lowest BCUT2D eigenvalue weighted by Gasteiger charge is -2.32. The van der Waals surface area contributed by atoms with E-state index in [0.717, 1.165) is 5.69 Å². The highest BCUT2D eigenvalue weighted by Crippen LogP contribution is 2.26.